The van der Waals surface area contributed by atoms with Crippen LogP contribution in [-0.2, 0) is 0 Å². The first-order valence-electron chi connectivity index (χ1n) is 6.45. The van der Waals surface area contributed by atoms with Gasteiger partial charge in [0.25, 0.3) is 0 Å². The Morgan fingerprint density at radius 3 is 3.06 bits per heavy atom. The number of aryl methyl sites for hydroxylation is 1. The first kappa shape index (κ1) is 11.2. The highest BCUT2D eigenvalue weighted by atomic mass is 32.1. The summed E-state index contributed by atoms with van der Waals surface area (Å²) in [4.78, 5) is 0. The van der Waals surface area contributed by atoms with E-state index in [2.05, 4.69) is 42.7 Å². The van der Waals surface area contributed by atoms with Crippen molar-refractivity contribution in [1.29, 1.82) is 0 Å². The van der Waals surface area contributed by atoms with Gasteiger partial charge in [0.2, 0.25) is 0 Å². The number of rotatable bonds is 1. The minimum absolute atomic E-state index is 0.660. The highest BCUT2D eigenvalue weighted by molar-refractivity contribution is 7.17. The predicted octanol–water partition coefficient (Wildman–Crippen LogP) is 4.07. The third kappa shape index (κ3) is 2.12. The fraction of sp³-hybridized carbons (Fsp3) is 0.467. The molecule has 1 unspecified atom stereocenters. The summed E-state index contributed by atoms with van der Waals surface area (Å²) in [7, 11) is 0. The van der Waals surface area contributed by atoms with E-state index in [1.54, 1.807) is 0 Å². The van der Waals surface area contributed by atoms with Crippen LogP contribution in [0.5, 0.6) is 0 Å². The van der Waals surface area contributed by atoms with Gasteiger partial charge in [-0.1, -0.05) is 6.07 Å². The molecule has 2 aromatic rings. The molecule has 2 atom stereocenters. The van der Waals surface area contributed by atoms with Crippen molar-refractivity contribution in [1.82, 2.24) is 5.32 Å². The lowest BCUT2D eigenvalue weighted by Gasteiger charge is -2.28. The van der Waals surface area contributed by atoms with Crippen LogP contribution in [0.4, 0.5) is 0 Å². The zero-order chi connectivity index (χ0) is 11.8. The Morgan fingerprint density at radius 2 is 2.24 bits per heavy atom. The molecule has 0 saturated carbocycles. The van der Waals surface area contributed by atoms with Crippen molar-refractivity contribution in [2.45, 2.75) is 38.6 Å². The Hall–Kier alpha value is -0.860. The maximum atomic E-state index is 3.53. The van der Waals surface area contributed by atoms with Gasteiger partial charge in [0, 0.05) is 10.7 Å². The molecule has 0 spiro atoms. The molecule has 1 N–H and O–H groups in total. The maximum absolute atomic E-state index is 3.53. The lowest BCUT2D eigenvalue weighted by Crippen LogP contribution is -2.34. The van der Waals surface area contributed by atoms with Crippen LogP contribution in [0.3, 0.4) is 0 Å². The van der Waals surface area contributed by atoms with Crippen molar-refractivity contribution in [2.75, 3.05) is 6.54 Å². The van der Waals surface area contributed by atoms with Crippen LogP contribution in [-0.4, -0.2) is 12.6 Å². The van der Waals surface area contributed by atoms with Crippen LogP contribution in [0.15, 0.2) is 23.6 Å². The SMILES string of the molecule is Cc1csc2ccc(C3CCN[C@@H](C)C3)cc12. The van der Waals surface area contributed by atoms with Crippen molar-refractivity contribution in [3.05, 3.63) is 34.7 Å². The monoisotopic (exact) mass is 245 g/mol. The molecule has 1 aliphatic heterocycles. The average Bonchev–Trinajstić information content (AvgIpc) is 2.71. The summed E-state index contributed by atoms with van der Waals surface area (Å²) in [6.45, 7) is 5.67. The molecule has 1 saturated heterocycles. The van der Waals surface area contributed by atoms with E-state index in [-0.39, 0.29) is 0 Å². The van der Waals surface area contributed by atoms with Gasteiger partial charge in [0.1, 0.15) is 0 Å². The molecule has 1 fully saturated rings. The Kier molecular flexibility index (Phi) is 2.93. The van der Waals surface area contributed by atoms with E-state index < -0.39 is 0 Å². The smallest absolute Gasteiger partial charge is 0.0345 e. The van der Waals surface area contributed by atoms with Crippen molar-refractivity contribution in [3.8, 4) is 0 Å². The molecule has 1 aromatic heterocycles. The third-order valence-electron chi connectivity index (χ3n) is 3.89. The summed E-state index contributed by atoms with van der Waals surface area (Å²) in [5.74, 6) is 0.745. The van der Waals surface area contributed by atoms with Crippen molar-refractivity contribution in [3.63, 3.8) is 0 Å². The van der Waals surface area contributed by atoms with Crippen LogP contribution in [0.2, 0.25) is 0 Å². The largest absolute Gasteiger partial charge is 0.314 e. The zero-order valence-corrected chi connectivity index (χ0v) is 11.3. The normalized spacial score (nSPS) is 25.3. The standard InChI is InChI=1S/C15H19NS/c1-10-9-17-15-4-3-12(8-14(10)15)13-5-6-16-11(2)7-13/h3-4,8-9,11,13,16H,5-7H2,1-2H3/t11-,13?/m0/s1. The summed E-state index contributed by atoms with van der Waals surface area (Å²) in [6, 6.07) is 7.72. The van der Waals surface area contributed by atoms with Crippen LogP contribution < -0.4 is 5.32 Å². The number of fused-ring (bicyclic) bond motifs is 1. The minimum Gasteiger partial charge on any atom is -0.314 e. The fourth-order valence-corrected chi connectivity index (χ4v) is 3.79. The average molecular weight is 245 g/mol. The summed E-state index contributed by atoms with van der Waals surface area (Å²) in [6.07, 6.45) is 2.55. The van der Waals surface area contributed by atoms with E-state index in [0.717, 1.165) is 12.5 Å². The molecule has 2 heteroatoms. The fourth-order valence-electron chi connectivity index (χ4n) is 2.86. The lowest BCUT2D eigenvalue weighted by molar-refractivity contribution is 0.381. The first-order valence-corrected chi connectivity index (χ1v) is 7.33. The number of nitrogens with one attached hydrogen (secondary N) is 1. The Labute approximate surface area is 107 Å². The van der Waals surface area contributed by atoms with E-state index in [9.17, 15) is 0 Å². The first-order chi connectivity index (χ1) is 8.24. The van der Waals surface area contributed by atoms with Gasteiger partial charge in [-0.2, -0.15) is 0 Å². The maximum Gasteiger partial charge on any atom is 0.0345 e. The van der Waals surface area contributed by atoms with E-state index in [4.69, 9.17) is 0 Å². The molecule has 0 bridgehead atoms. The number of piperidine rings is 1. The molecular weight excluding hydrogens is 226 g/mol. The molecule has 1 nitrogen and oxygen atoms in total. The van der Waals surface area contributed by atoms with Gasteiger partial charge in [0.05, 0.1) is 0 Å². The number of hydrogen-bond donors (Lipinski definition) is 1. The summed E-state index contributed by atoms with van der Waals surface area (Å²) < 4.78 is 1.42. The number of hydrogen-bond acceptors (Lipinski definition) is 2. The molecule has 17 heavy (non-hydrogen) atoms. The van der Waals surface area contributed by atoms with Crippen LogP contribution in [0, 0.1) is 6.92 Å². The molecule has 1 aromatic carbocycles. The van der Waals surface area contributed by atoms with Gasteiger partial charge in [0.15, 0.2) is 0 Å². The summed E-state index contributed by atoms with van der Waals surface area (Å²) >= 11 is 1.86. The van der Waals surface area contributed by atoms with Crippen LogP contribution in [0.1, 0.15) is 36.8 Å². The quantitative estimate of drug-likeness (QED) is 0.798. The zero-order valence-electron chi connectivity index (χ0n) is 10.5. The second-order valence-corrected chi connectivity index (χ2v) is 6.16. The summed E-state index contributed by atoms with van der Waals surface area (Å²) in [5, 5.41) is 7.25. The summed E-state index contributed by atoms with van der Waals surface area (Å²) in [5.41, 5.74) is 2.96. The Balaban J connectivity index is 1.96. The van der Waals surface area contributed by atoms with Gasteiger partial charge < -0.3 is 5.32 Å². The van der Waals surface area contributed by atoms with Gasteiger partial charge in [-0.15, -0.1) is 11.3 Å². The lowest BCUT2D eigenvalue weighted by atomic mass is 9.86. The van der Waals surface area contributed by atoms with Gasteiger partial charge in [-0.3, -0.25) is 0 Å². The molecule has 3 rings (SSSR count). The predicted molar refractivity (Wildman–Crippen MR) is 76.0 cm³/mol. The molecule has 0 amide bonds. The van der Waals surface area contributed by atoms with Crippen molar-refractivity contribution < 1.29 is 0 Å². The molecule has 0 aliphatic carbocycles. The van der Waals surface area contributed by atoms with Crippen molar-refractivity contribution in [2.24, 2.45) is 0 Å². The van der Waals surface area contributed by atoms with E-state index in [0.29, 0.717) is 6.04 Å². The molecule has 90 valence electrons. The Morgan fingerprint density at radius 1 is 1.35 bits per heavy atom. The second-order valence-electron chi connectivity index (χ2n) is 5.25. The van der Waals surface area contributed by atoms with Gasteiger partial charge in [-0.05, 0) is 73.2 Å². The van der Waals surface area contributed by atoms with E-state index in [1.807, 2.05) is 11.3 Å². The number of benzene rings is 1. The highest BCUT2D eigenvalue weighted by Crippen LogP contribution is 2.32. The van der Waals surface area contributed by atoms with Gasteiger partial charge >= 0.3 is 0 Å². The highest BCUT2D eigenvalue weighted by Gasteiger charge is 2.20. The minimum atomic E-state index is 0.660. The number of thiophene rings is 1. The van der Waals surface area contributed by atoms with Gasteiger partial charge in [-0.25, -0.2) is 0 Å². The Bertz CT molecular complexity index is 529. The van der Waals surface area contributed by atoms with E-state index in [1.165, 1.54) is 34.1 Å². The molecule has 2 heterocycles. The molecular formula is C15H19NS. The van der Waals surface area contributed by atoms with Crippen molar-refractivity contribution >= 4 is 21.4 Å². The topological polar surface area (TPSA) is 12.0 Å². The van der Waals surface area contributed by atoms with E-state index >= 15 is 0 Å². The second kappa shape index (κ2) is 4.43. The third-order valence-corrected chi connectivity index (χ3v) is 4.97. The van der Waals surface area contributed by atoms with Crippen LogP contribution in [0.25, 0.3) is 10.1 Å². The molecule has 0 radical (unpaired) electrons. The van der Waals surface area contributed by atoms with Crippen LogP contribution >= 0.6 is 11.3 Å². The molecule has 1 aliphatic rings.